The van der Waals surface area contributed by atoms with Crippen LogP contribution < -0.4 is 10.9 Å². The van der Waals surface area contributed by atoms with Gasteiger partial charge in [0.25, 0.3) is 5.56 Å². The third-order valence-corrected chi connectivity index (χ3v) is 4.36. The van der Waals surface area contributed by atoms with Crippen LogP contribution in [-0.2, 0) is 11.3 Å². The molecule has 0 aliphatic heterocycles. The van der Waals surface area contributed by atoms with Gasteiger partial charge in [-0.25, -0.2) is 9.49 Å². The molecular weight excluding hydrogens is 351 g/mol. The third-order valence-electron chi connectivity index (χ3n) is 4.36. The Morgan fingerprint density at radius 1 is 1.33 bits per heavy atom. The summed E-state index contributed by atoms with van der Waals surface area (Å²) in [6.07, 6.45) is 0. The van der Waals surface area contributed by atoms with Gasteiger partial charge in [0.2, 0.25) is 11.8 Å². The van der Waals surface area contributed by atoms with Crippen molar-refractivity contribution in [1.29, 1.82) is 0 Å². The van der Waals surface area contributed by atoms with Crippen molar-refractivity contribution in [3.05, 3.63) is 57.5 Å². The number of H-pyrrole nitrogens is 1. The number of nitrogens with zero attached hydrogens (tertiary/aromatic N) is 2. The summed E-state index contributed by atoms with van der Waals surface area (Å²) in [4.78, 5) is 26.5. The van der Waals surface area contributed by atoms with E-state index >= 15 is 0 Å². The Kier molecular flexibility index (Phi) is 5.36. The van der Waals surface area contributed by atoms with Crippen molar-refractivity contribution in [3.63, 3.8) is 0 Å². The van der Waals surface area contributed by atoms with Crippen molar-refractivity contribution in [1.82, 2.24) is 15.1 Å². The molecule has 0 spiro atoms. The number of carbonyl (C=O) groups excluding carboxylic acids is 1. The molecule has 0 saturated carbocycles. The van der Waals surface area contributed by atoms with Crippen molar-refractivity contribution >= 4 is 22.6 Å². The number of aromatic nitrogens is 2. The second kappa shape index (κ2) is 7.71. The highest BCUT2D eigenvalue weighted by Gasteiger charge is 2.19. The Morgan fingerprint density at radius 2 is 2.11 bits per heavy atom. The van der Waals surface area contributed by atoms with E-state index in [4.69, 9.17) is 4.42 Å². The second-order valence-corrected chi connectivity index (χ2v) is 6.36. The van der Waals surface area contributed by atoms with E-state index in [0.717, 1.165) is 5.56 Å². The summed E-state index contributed by atoms with van der Waals surface area (Å²) >= 11 is 0. The van der Waals surface area contributed by atoms with Gasteiger partial charge in [0.1, 0.15) is 17.0 Å². The molecule has 0 saturated heterocycles. The van der Waals surface area contributed by atoms with Crippen LogP contribution in [0.4, 0.5) is 10.3 Å². The van der Waals surface area contributed by atoms with Crippen LogP contribution in [0, 0.1) is 19.7 Å². The predicted molar refractivity (Wildman–Crippen MR) is 100 cm³/mol. The first-order chi connectivity index (χ1) is 12.9. The van der Waals surface area contributed by atoms with Crippen LogP contribution in [0.25, 0.3) is 10.8 Å². The summed E-state index contributed by atoms with van der Waals surface area (Å²) in [7, 11) is 0. The number of hydrogen-bond donors (Lipinski definition) is 2. The quantitative estimate of drug-likeness (QED) is 0.694. The summed E-state index contributed by atoms with van der Waals surface area (Å²) in [5.74, 6) is -0.00363. The number of fused-ring (bicyclic) bond motifs is 1. The summed E-state index contributed by atoms with van der Waals surface area (Å²) < 4.78 is 18.9. The van der Waals surface area contributed by atoms with E-state index in [1.54, 1.807) is 19.9 Å². The second-order valence-electron chi connectivity index (χ2n) is 6.36. The van der Waals surface area contributed by atoms with E-state index in [1.165, 1.54) is 12.1 Å². The lowest BCUT2D eigenvalue weighted by molar-refractivity contribution is -0.117. The van der Waals surface area contributed by atoms with E-state index in [-0.39, 0.29) is 29.5 Å². The molecule has 0 aliphatic rings. The van der Waals surface area contributed by atoms with Crippen molar-refractivity contribution in [2.45, 2.75) is 27.3 Å². The van der Waals surface area contributed by atoms with Gasteiger partial charge in [0.15, 0.2) is 0 Å². The lowest BCUT2D eigenvalue weighted by Crippen LogP contribution is -2.32. The number of hydrogen-bond acceptors (Lipinski definition) is 5. The van der Waals surface area contributed by atoms with Crippen LogP contribution in [0.3, 0.4) is 0 Å². The minimum Gasteiger partial charge on any atom is -0.444 e. The minimum absolute atomic E-state index is 0.0796. The molecule has 1 aromatic carbocycles. The summed E-state index contributed by atoms with van der Waals surface area (Å²) in [5, 5.41) is 9.87. The number of benzene rings is 1. The highest BCUT2D eigenvalue weighted by molar-refractivity contribution is 6.01. The number of furan rings is 1. The molecule has 2 heterocycles. The predicted octanol–water partition coefficient (Wildman–Crippen LogP) is 2.73. The molecule has 0 radical (unpaired) electrons. The van der Waals surface area contributed by atoms with Crippen molar-refractivity contribution in [3.8, 4) is 0 Å². The molecule has 3 rings (SSSR count). The number of carbonyl (C=O) groups is 1. The van der Waals surface area contributed by atoms with Gasteiger partial charge in [0.05, 0.1) is 17.6 Å². The molecule has 2 N–H and O–H groups in total. The molecule has 0 atom stereocenters. The average molecular weight is 372 g/mol. The normalized spacial score (nSPS) is 11.3. The largest absolute Gasteiger partial charge is 0.444 e. The molecule has 0 bridgehead atoms. The molecule has 142 valence electrons. The Labute approximate surface area is 155 Å². The first-order valence-corrected chi connectivity index (χ1v) is 8.64. The van der Waals surface area contributed by atoms with Crippen molar-refractivity contribution in [2.75, 3.05) is 18.4 Å². The number of likely N-dealkylation sites (N-methyl/N-ethyl adjacent to an activating group) is 1. The standard InChI is InChI=1S/C19H21FN4O3/c1-4-24(9-13-6-5-7-14(20)8-13)10-15(25)21-19-17-16(12(3)27-19)11(2)22-23-18(17)26/h5-8H,4,9-10H2,1-3H3,(H,21,25)(H,23,26). The molecule has 7 nitrogen and oxygen atoms in total. The average Bonchev–Trinajstić information content (AvgIpc) is 2.94. The fourth-order valence-electron chi connectivity index (χ4n) is 3.07. The molecule has 27 heavy (non-hydrogen) atoms. The highest BCUT2D eigenvalue weighted by Crippen LogP contribution is 2.28. The number of rotatable bonds is 6. The smallest absolute Gasteiger partial charge is 0.277 e. The number of anilines is 1. The van der Waals surface area contributed by atoms with E-state index in [9.17, 15) is 14.0 Å². The van der Waals surface area contributed by atoms with Gasteiger partial charge in [-0.1, -0.05) is 19.1 Å². The Balaban J connectivity index is 1.76. The fraction of sp³-hybridized carbons (Fsp3) is 0.316. The SMILES string of the molecule is CCN(CC(=O)Nc1oc(C)c2c(C)n[nH]c(=O)c12)Cc1cccc(F)c1. The summed E-state index contributed by atoms with van der Waals surface area (Å²) in [6.45, 7) is 6.50. The summed E-state index contributed by atoms with van der Waals surface area (Å²) in [6, 6.07) is 6.27. The first kappa shape index (κ1) is 18.8. The molecule has 0 fully saturated rings. The van der Waals surface area contributed by atoms with Crippen LogP contribution >= 0.6 is 0 Å². The number of nitrogens with one attached hydrogen (secondary N) is 2. The van der Waals surface area contributed by atoms with Gasteiger partial charge in [-0.15, -0.1) is 0 Å². The number of aromatic amines is 1. The maximum absolute atomic E-state index is 13.3. The topological polar surface area (TPSA) is 91.2 Å². The maximum atomic E-state index is 13.3. The lowest BCUT2D eigenvalue weighted by atomic mass is 10.2. The Bertz CT molecular complexity index is 1040. The molecular formula is C19H21FN4O3. The van der Waals surface area contributed by atoms with Gasteiger partial charge < -0.3 is 4.42 Å². The number of halogens is 1. The molecule has 0 aliphatic carbocycles. The molecule has 8 heteroatoms. The summed E-state index contributed by atoms with van der Waals surface area (Å²) in [5.41, 5.74) is 0.976. The van der Waals surface area contributed by atoms with Crippen LogP contribution in [0.5, 0.6) is 0 Å². The van der Waals surface area contributed by atoms with Crippen LogP contribution in [0.1, 0.15) is 23.9 Å². The van der Waals surface area contributed by atoms with E-state index in [0.29, 0.717) is 29.9 Å². The lowest BCUT2D eigenvalue weighted by Gasteiger charge is -2.19. The van der Waals surface area contributed by atoms with E-state index in [2.05, 4.69) is 15.5 Å². The Hall–Kier alpha value is -3.00. The van der Waals surface area contributed by atoms with E-state index < -0.39 is 5.56 Å². The van der Waals surface area contributed by atoms with Gasteiger partial charge in [-0.05, 0) is 38.1 Å². The van der Waals surface area contributed by atoms with Crippen molar-refractivity contribution in [2.24, 2.45) is 0 Å². The molecule has 3 aromatic rings. The van der Waals surface area contributed by atoms with Gasteiger partial charge >= 0.3 is 0 Å². The zero-order valence-electron chi connectivity index (χ0n) is 15.4. The van der Waals surface area contributed by atoms with Gasteiger partial charge in [-0.2, -0.15) is 5.10 Å². The zero-order chi connectivity index (χ0) is 19.6. The molecule has 0 unspecified atom stereocenters. The van der Waals surface area contributed by atoms with Crippen LogP contribution in [0.2, 0.25) is 0 Å². The van der Waals surface area contributed by atoms with Crippen LogP contribution in [0.15, 0.2) is 33.5 Å². The maximum Gasteiger partial charge on any atom is 0.277 e. The molecule has 1 amide bonds. The van der Waals surface area contributed by atoms with Crippen LogP contribution in [-0.4, -0.2) is 34.1 Å². The fourth-order valence-corrected chi connectivity index (χ4v) is 3.07. The monoisotopic (exact) mass is 372 g/mol. The minimum atomic E-state index is -0.421. The van der Waals surface area contributed by atoms with Crippen molar-refractivity contribution < 1.29 is 13.6 Å². The number of aryl methyl sites for hydroxylation is 2. The number of amides is 1. The van der Waals surface area contributed by atoms with Gasteiger partial charge in [-0.3, -0.25) is 19.8 Å². The molecule has 2 aromatic heterocycles. The highest BCUT2D eigenvalue weighted by atomic mass is 19.1. The Morgan fingerprint density at radius 3 is 2.81 bits per heavy atom. The first-order valence-electron chi connectivity index (χ1n) is 8.64. The third kappa shape index (κ3) is 4.06. The zero-order valence-corrected chi connectivity index (χ0v) is 15.4. The van der Waals surface area contributed by atoms with E-state index in [1.807, 2.05) is 17.9 Å². The van der Waals surface area contributed by atoms with Gasteiger partial charge in [0, 0.05) is 6.54 Å².